The molecule has 2 rings (SSSR count). The summed E-state index contributed by atoms with van der Waals surface area (Å²) < 4.78 is 4.48. The molecular formula is C11H16N2O5. The van der Waals surface area contributed by atoms with Crippen LogP contribution in [0.25, 0.3) is 0 Å². The Labute approximate surface area is 104 Å². The number of amides is 2. The number of methoxy groups -OCH3 is 1. The first kappa shape index (κ1) is 12.7. The SMILES string of the molecule is COC(=O)NC1CCN(C(=O)C2CC2C(=O)O)C1. The number of nitrogens with one attached hydrogen (secondary N) is 1. The van der Waals surface area contributed by atoms with Crippen LogP contribution in [-0.4, -0.2) is 54.2 Å². The van der Waals surface area contributed by atoms with Crippen molar-refractivity contribution in [3.63, 3.8) is 0 Å². The molecule has 1 saturated carbocycles. The minimum Gasteiger partial charge on any atom is -0.481 e. The van der Waals surface area contributed by atoms with Gasteiger partial charge in [-0.15, -0.1) is 0 Å². The molecule has 2 amide bonds. The topological polar surface area (TPSA) is 95.9 Å². The summed E-state index contributed by atoms with van der Waals surface area (Å²) in [5, 5.41) is 11.4. The van der Waals surface area contributed by atoms with Crippen molar-refractivity contribution >= 4 is 18.0 Å². The number of carbonyl (C=O) groups is 3. The van der Waals surface area contributed by atoms with E-state index in [0.717, 1.165) is 0 Å². The monoisotopic (exact) mass is 256 g/mol. The Morgan fingerprint density at radius 3 is 2.61 bits per heavy atom. The molecule has 1 aliphatic heterocycles. The average Bonchev–Trinajstić information content (AvgIpc) is 3.02. The number of nitrogens with zero attached hydrogens (tertiary/aromatic N) is 1. The van der Waals surface area contributed by atoms with Crippen molar-refractivity contribution in [3.05, 3.63) is 0 Å². The number of carbonyl (C=O) groups excluding carboxylic acids is 2. The Hall–Kier alpha value is -1.79. The van der Waals surface area contributed by atoms with E-state index < -0.39 is 18.0 Å². The van der Waals surface area contributed by atoms with Crippen molar-refractivity contribution in [2.75, 3.05) is 20.2 Å². The van der Waals surface area contributed by atoms with Gasteiger partial charge >= 0.3 is 12.1 Å². The van der Waals surface area contributed by atoms with Gasteiger partial charge in [-0.3, -0.25) is 9.59 Å². The van der Waals surface area contributed by atoms with E-state index in [2.05, 4.69) is 10.1 Å². The molecule has 1 aliphatic carbocycles. The van der Waals surface area contributed by atoms with E-state index in [0.29, 0.717) is 25.9 Å². The van der Waals surface area contributed by atoms with E-state index in [1.165, 1.54) is 7.11 Å². The van der Waals surface area contributed by atoms with E-state index in [1.807, 2.05) is 0 Å². The van der Waals surface area contributed by atoms with E-state index in [1.54, 1.807) is 4.90 Å². The summed E-state index contributed by atoms with van der Waals surface area (Å²) in [5.74, 6) is -1.92. The van der Waals surface area contributed by atoms with Crippen molar-refractivity contribution in [1.29, 1.82) is 0 Å². The standard InChI is InChI=1S/C11H16N2O5/c1-18-11(17)12-6-2-3-13(5-6)9(14)7-4-8(7)10(15)16/h6-8H,2-5H2,1H3,(H,12,17)(H,15,16). The second kappa shape index (κ2) is 4.83. The van der Waals surface area contributed by atoms with E-state index in [9.17, 15) is 14.4 Å². The van der Waals surface area contributed by atoms with Gasteiger partial charge in [0.15, 0.2) is 0 Å². The van der Waals surface area contributed by atoms with Crippen LogP contribution < -0.4 is 5.32 Å². The minimum atomic E-state index is -0.906. The molecule has 0 radical (unpaired) electrons. The van der Waals surface area contributed by atoms with Crippen LogP contribution in [0.2, 0.25) is 0 Å². The first-order valence-electron chi connectivity index (χ1n) is 5.89. The lowest BCUT2D eigenvalue weighted by atomic mass is 10.3. The quantitative estimate of drug-likeness (QED) is 0.720. The molecule has 2 N–H and O–H groups in total. The maximum absolute atomic E-state index is 11.9. The number of ether oxygens (including phenoxy) is 1. The van der Waals surface area contributed by atoms with Gasteiger partial charge in [-0.05, 0) is 12.8 Å². The van der Waals surface area contributed by atoms with Crippen molar-refractivity contribution in [2.45, 2.75) is 18.9 Å². The molecule has 2 fully saturated rings. The molecule has 3 unspecified atom stereocenters. The number of carboxylic acids is 1. The fourth-order valence-corrected chi connectivity index (χ4v) is 2.28. The lowest BCUT2D eigenvalue weighted by Crippen LogP contribution is -2.39. The molecule has 1 saturated heterocycles. The highest BCUT2D eigenvalue weighted by Gasteiger charge is 2.50. The third-order valence-corrected chi connectivity index (χ3v) is 3.43. The van der Waals surface area contributed by atoms with Gasteiger partial charge in [0, 0.05) is 13.1 Å². The van der Waals surface area contributed by atoms with Crippen LogP contribution in [0.1, 0.15) is 12.8 Å². The Kier molecular flexibility index (Phi) is 3.40. The largest absolute Gasteiger partial charge is 0.481 e. The Morgan fingerprint density at radius 2 is 2.06 bits per heavy atom. The molecule has 0 bridgehead atoms. The van der Waals surface area contributed by atoms with Crippen LogP contribution in [0.15, 0.2) is 0 Å². The first-order chi connectivity index (χ1) is 8.52. The second-order valence-corrected chi connectivity index (χ2v) is 4.69. The zero-order valence-corrected chi connectivity index (χ0v) is 10.1. The second-order valence-electron chi connectivity index (χ2n) is 4.69. The average molecular weight is 256 g/mol. The summed E-state index contributed by atoms with van der Waals surface area (Å²) >= 11 is 0. The number of rotatable bonds is 3. The predicted octanol–water partition coefficient (Wildman–Crippen LogP) is -0.336. The van der Waals surface area contributed by atoms with Gasteiger partial charge in [0.05, 0.1) is 25.0 Å². The number of hydrogen-bond acceptors (Lipinski definition) is 4. The Bertz CT molecular complexity index is 384. The molecule has 18 heavy (non-hydrogen) atoms. The summed E-state index contributed by atoms with van der Waals surface area (Å²) in [6, 6.07) is -0.108. The van der Waals surface area contributed by atoms with Crippen LogP contribution >= 0.6 is 0 Å². The number of hydrogen-bond donors (Lipinski definition) is 2. The van der Waals surface area contributed by atoms with E-state index in [-0.39, 0.29) is 17.9 Å². The van der Waals surface area contributed by atoms with Crippen molar-refractivity contribution < 1.29 is 24.2 Å². The summed E-state index contributed by atoms with van der Waals surface area (Å²) in [5.41, 5.74) is 0. The van der Waals surface area contributed by atoms with Gasteiger partial charge in [0.2, 0.25) is 5.91 Å². The molecule has 0 aromatic carbocycles. The number of carboxylic acid groups (broad SMARTS) is 1. The molecule has 2 aliphatic rings. The molecule has 1 heterocycles. The minimum absolute atomic E-state index is 0.108. The molecular weight excluding hydrogens is 240 g/mol. The van der Waals surface area contributed by atoms with Gasteiger partial charge in [0.1, 0.15) is 0 Å². The van der Waals surface area contributed by atoms with Crippen LogP contribution in [0, 0.1) is 11.8 Å². The summed E-state index contributed by atoms with van der Waals surface area (Å²) in [6.07, 6.45) is 0.592. The molecule has 0 spiro atoms. The van der Waals surface area contributed by atoms with Crippen LogP contribution in [0.3, 0.4) is 0 Å². The zero-order valence-electron chi connectivity index (χ0n) is 10.1. The van der Waals surface area contributed by atoms with Crippen LogP contribution in [0.5, 0.6) is 0 Å². The predicted molar refractivity (Wildman–Crippen MR) is 59.8 cm³/mol. The van der Waals surface area contributed by atoms with Crippen molar-refractivity contribution in [3.8, 4) is 0 Å². The zero-order chi connectivity index (χ0) is 13.3. The molecule has 0 aromatic heterocycles. The van der Waals surface area contributed by atoms with Gasteiger partial charge in [0.25, 0.3) is 0 Å². The highest BCUT2D eigenvalue weighted by molar-refractivity contribution is 5.89. The maximum atomic E-state index is 11.9. The molecule has 7 heteroatoms. The van der Waals surface area contributed by atoms with E-state index in [4.69, 9.17) is 5.11 Å². The fraction of sp³-hybridized carbons (Fsp3) is 0.727. The maximum Gasteiger partial charge on any atom is 0.407 e. The Balaban J connectivity index is 1.81. The Morgan fingerprint density at radius 1 is 1.33 bits per heavy atom. The molecule has 7 nitrogen and oxygen atoms in total. The molecule has 0 aromatic rings. The normalized spacial score (nSPS) is 29.8. The highest BCUT2D eigenvalue weighted by Crippen LogP contribution is 2.40. The van der Waals surface area contributed by atoms with E-state index >= 15 is 0 Å². The smallest absolute Gasteiger partial charge is 0.407 e. The van der Waals surface area contributed by atoms with Crippen LogP contribution in [0.4, 0.5) is 4.79 Å². The lowest BCUT2D eigenvalue weighted by molar-refractivity contribution is -0.141. The van der Waals surface area contributed by atoms with Gasteiger partial charge in [-0.2, -0.15) is 0 Å². The molecule has 3 atom stereocenters. The highest BCUT2D eigenvalue weighted by atomic mass is 16.5. The third-order valence-electron chi connectivity index (χ3n) is 3.43. The first-order valence-corrected chi connectivity index (χ1v) is 5.89. The summed E-state index contributed by atoms with van der Waals surface area (Å²) in [6.45, 7) is 0.979. The van der Waals surface area contributed by atoms with Crippen LogP contribution in [-0.2, 0) is 14.3 Å². The van der Waals surface area contributed by atoms with Crippen molar-refractivity contribution in [2.24, 2.45) is 11.8 Å². The van der Waals surface area contributed by atoms with Gasteiger partial charge < -0.3 is 20.1 Å². The number of alkyl carbamates (subject to hydrolysis) is 1. The third kappa shape index (κ3) is 2.55. The fourth-order valence-electron chi connectivity index (χ4n) is 2.28. The number of aliphatic carboxylic acids is 1. The number of likely N-dealkylation sites (tertiary alicyclic amines) is 1. The van der Waals surface area contributed by atoms with Gasteiger partial charge in [-0.25, -0.2) is 4.79 Å². The molecule has 100 valence electrons. The summed E-state index contributed by atoms with van der Waals surface area (Å²) in [4.78, 5) is 35.3. The lowest BCUT2D eigenvalue weighted by Gasteiger charge is -2.16. The van der Waals surface area contributed by atoms with Gasteiger partial charge in [-0.1, -0.05) is 0 Å². The summed E-state index contributed by atoms with van der Waals surface area (Å²) in [7, 11) is 1.29. The van der Waals surface area contributed by atoms with Crippen molar-refractivity contribution in [1.82, 2.24) is 10.2 Å².